The zero-order valence-corrected chi connectivity index (χ0v) is 12.8. The summed E-state index contributed by atoms with van der Waals surface area (Å²) in [6, 6.07) is 5.28. The highest BCUT2D eigenvalue weighted by atomic mass is 28.4. The maximum atomic E-state index is 12.3. The zero-order valence-electron chi connectivity index (χ0n) is 10.8. The van der Waals surface area contributed by atoms with Crippen molar-refractivity contribution >= 4 is 23.7 Å². The van der Waals surface area contributed by atoms with Gasteiger partial charge in [-0.05, 0) is 17.7 Å². The SMILES string of the molecule is C[Si](C)(C)C[Si]/C=C/c1ccc(C(F)(F)F)cc1. The molecule has 0 amide bonds. The Kier molecular flexibility index (Phi) is 4.98. The second-order valence-corrected chi connectivity index (χ2v) is 12.7. The molecule has 0 fully saturated rings. The van der Waals surface area contributed by atoms with Crippen molar-refractivity contribution < 1.29 is 13.2 Å². The predicted molar refractivity (Wildman–Crippen MR) is 74.4 cm³/mol. The Balaban J connectivity index is 2.57. The highest BCUT2D eigenvalue weighted by Gasteiger charge is 2.29. The Morgan fingerprint density at radius 1 is 1.11 bits per heavy atom. The first-order valence-electron chi connectivity index (χ1n) is 5.76. The quantitative estimate of drug-likeness (QED) is 0.705. The predicted octanol–water partition coefficient (Wildman–Crippen LogP) is 4.68. The van der Waals surface area contributed by atoms with Crippen molar-refractivity contribution in [1.82, 2.24) is 0 Å². The molecule has 0 spiro atoms. The topological polar surface area (TPSA) is 0 Å². The number of halogens is 3. The smallest absolute Gasteiger partial charge is 0.166 e. The van der Waals surface area contributed by atoms with E-state index < -0.39 is 19.8 Å². The minimum absolute atomic E-state index is 0.593. The molecular formula is C13H17F3Si2. The Hall–Kier alpha value is -0.816. The molecule has 0 N–H and O–H groups in total. The number of alkyl halides is 3. The van der Waals surface area contributed by atoms with Crippen molar-refractivity contribution in [2.75, 3.05) is 0 Å². The van der Waals surface area contributed by atoms with Crippen LogP contribution in [0.2, 0.25) is 25.3 Å². The molecule has 0 atom stereocenters. The molecular weight excluding hydrogens is 269 g/mol. The average Bonchev–Trinajstić information content (AvgIpc) is 2.22. The number of hydrogen-bond acceptors (Lipinski definition) is 0. The van der Waals surface area contributed by atoms with Crippen LogP contribution in [0, 0.1) is 0 Å². The van der Waals surface area contributed by atoms with Gasteiger partial charge in [-0.2, -0.15) is 13.2 Å². The lowest BCUT2D eigenvalue weighted by Crippen LogP contribution is -2.21. The summed E-state index contributed by atoms with van der Waals surface area (Å²) in [4.78, 5) is 0. The van der Waals surface area contributed by atoms with Crippen LogP contribution in [-0.2, 0) is 6.18 Å². The van der Waals surface area contributed by atoms with Gasteiger partial charge in [0.1, 0.15) is 0 Å². The van der Waals surface area contributed by atoms with E-state index in [1.807, 2.05) is 6.08 Å². The fourth-order valence-corrected chi connectivity index (χ4v) is 4.53. The molecule has 0 aliphatic rings. The lowest BCUT2D eigenvalue weighted by Gasteiger charge is -2.12. The summed E-state index contributed by atoms with van der Waals surface area (Å²) < 4.78 is 37.0. The van der Waals surface area contributed by atoms with Gasteiger partial charge >= 0.3 is 6.18 Å². The van der Waals surface area contributed by atoms with E-state index in [4.69, 9.17) is 0 Å². The third-order valence-electron chi connectivity index (χ3n) is 2.26. The van der Waals surface area contributed by atoms with Crippen LogP contribution in [0.5, 0.6) is 0 Å². The standard InChI is InChI=1S/C13H17F3Si2/c1-18(2,3)10-17-9-8-11-4-6-12(7-5-11)13(14,15)16/h4-9H,10H2,1-3H3/b9-8+. The van der Waals surface area contributed by atoms with E-state index in [2.05, 4.69) is 25.3 Å². The van der Waals surface area contributed by atoms with E-state index in [0.717, 1.165) is 27.2 Å². The highest BCUT2D eigenvalue weighted by molar-refractivity contribution is 6.84. The lowest BCUT2D eigenvalue weighted by atomic mass is 10.1. The zero-order chi connectivity index (χ0) is 13.8. The summed E-state index contributed by atoms with van der Waals surface area (Å²) in [5.74, 6) is 0. The number of hydrogen-bond donors (Lipinski definition) is 0. The summed E-state index contributed by atoms with van der Waals surface area (Å²) in [6.45, 7) is 6.93. The Morgan fingerprint density at radius 3 is 2.11 bits per heavy atom. The molecule has 0 aromatic heterocycles. The maximum Gasteiger partial charge on any atom is 0.416 e. The van der Waals surface area contributed by atoms with Crippen molar-refractivity contribution in [1.29, 1.82) is 0 Å². The largest absolute Gasteiger partial charge is 0.416 e. The van der Waals surface area contributed by atoms with Gasteiger partial charge in [0.05, 0.1) is 15.1 Å². The molecule has 1 aromatic rings. The van der Waals surface area contributed by atoms with Crippen LogP contribution in [0.4, 0.5) is 13.2 Å². The van der Waals surface area contributed by atoms with Crippen molar-refractivity contribution in [3.8, 4) is 0 Å². The number of benzene rings is 1. The van der Waals surface area contributed by atoms with Crippen LogP contribution in [0.15, 0.2) is 30.0 Å². The van der Waals surface area contributed by atoms with Crippen LogP contribution in [0.3, 0.4) is 0 Å². The molecule has 0 nitrogen and oxygen atoms in total. The molecule has 98 valence electrons. The van der Waals surface area contributed by atoms with Crippen molar-refractivity contribution in [2.45, 2.75) is 31.5 Å². The fourth-order valence-electron chi connectivity index (χ4n) is 1.30. The average molecular weight is 286 g/mol. The molecule has 2 radical (unpaired) electrons. The minimum Gasteiger partial charge on any atom is -0.166 e. The summed E-state index contributed by atoms with van der Waals surface area (Å²) in [5.41, 5.74) is 3.53. The monoisotopic (exact) mass is 286 g/mol. The molecule has 0 unspecified atom stereocenters. The van der Waals surface area contributed by atoms with Gasteiger partial charge in [-0.25, -0.2) is 0 Å². The van der Waals surface area contributed by atoms with Crippen LogP contribution >= 0.6 is 0 Å². The molecule has 18 heavy (non-hydrogen) atoms. The van der Waals surface area contributed by atoms with E-state index in [0.29, 0.717) is 0 Å². The molecule has 0 aliphatic carbocycles. The lowest BCUT2D eigenvalue weighted by molar-refractivity contribution is -0.137. The van der Waals surface area contributed by atoms with Gasteiger partial charge in [0.15, 0.2) is 0 Å². The first-order chi connectivity index (χ1) is 8.18. The van der Waals surface area contributed by atoms with Crippen LogP contribution in [0.1, 0.15) is 11.1 Å². The van der Waals surface area contributed by atoms with Gasteiger partial charge in [-0.15, -0.1) is 0 Å². The van der Waals surface area contributed by atoms with E-state index in [-0.39, 0.29) is 0 Å². The molecule has 0 aliphatic heterocycles. The van der Waals surface area contributed by atoms with Gasteiger partial charge in [-0.1, -0.05) is 49.2 Å². The highest BCUT2D eigenvalue weighted by Crippen LogP contribution is 2.29. The molecule has 5 heteroatoms. The van der Waals surface area contributed by atoms with Gasteiger partial charge in [-0.3, -0.25) is 0 Å². The van der Waals surface area contributed by atoms with Gasteiger partial charge in [0.25, 0.3) is 0 Å². The first kappa shape index (κ1) is 15.2. The first-order valence-corrected chi connectivity index (χ1v) is 10.7. The molecule has 1 aromatic carbocycles. The van der Waals surface area contributed by atoms with Crippen molar-refractivity contribution in [3.05, 3.63) is 41.1 Å². The van der Waals surface area contributed by atoms with E-state index in [1.54, 1.807) is 0 Å². The minimum atomic E-state index is -4.25. The van der Waals surface area contributed by atoms with Crippen LogP contribution < -0.4 is 0 Å². The van der Waals surface area contributed by atoms with Crippen molar-refractivity contribution in [2.24, 2.45) is 0 Å². The third-order valence-corrected chi connectivity index (χ3v) is 7.73. The van der Waals surface area contributed by atoms with E-state index in [9.17, 15) is 13.2 Å². The Bertz CT molecular complexity index is 400. The molecule has 0 saturated carbocycles. The molecule has 0 heterocycles. The van der Waals surface area contributed by atoms with Gasteiger partial charge in [0, 0.05) is 8.07 Å². The maximum absolute atomic E-state index is 12.3. The molecule has 1 rings (SSSR count). The van der Waals surface area contributed by atoms with Crippen molar-refractivity contribution in [3.63, 3.8) is 0 Å². The molecule has 0 bridgehead atoms. The summed E-state index contributed by atoms with van der Waals surface area (Å²) in [5, 5.41) is 0. The Labute approximate surface area is 110 Å². The Morgan fingerprint density at radius 2 is 1.67 bits per heavy atom. The summed E-state index contributed by atoms with van der Waals surface area (Å²) in [6.07, 6.45) is -2.35. The fraction of sp³-hybridized carbons (Fsp3) is 0.385. The molecule has 0 saturated heterocycles. The van der Waals surface area contributed by atoms with Crippen LogP contribution in [-0.4, -0.2) is 17.6 Å². The van der Waals surface area contributed by atoms with Crippen LogP contribution in [0.25, 0.3) is 6.08 Å². The summed E-state index contributed by atoms with van der Waals surface area (Å²) in [7, 11) is -0.262. The summed E-state index contributed by atoms with van der Waals surface area (Å²) >= 11 is 0. The number of rotatable bonds is 4. The normalized spacial score (nSPS) is 13.2. The van der Waals surface area contributed by atoms with Gasteiger partial charge < -0.3 is 0 Å². The van der Waals surface area contributed by atoms with E-state index >= 15 is 0 Å². The third kappa shape index (κ3) is 5.68. The second-order valence-electron chi connectivity index (χ2n) is 5.39. The van der Waals surface area contributed by atoms with Gasteiger partial charge in [0.2, 0.25) is 0 Å². The van der Waals surface area contributed by atoms with E-state index in [1.165, 1.54) is 17.8 Å². The second kappa shape index (κ2) is 5.88.